The predicted molar refractivity (Wildman–Crippen MR) is 91.0 cm³/mol. The Hall–Kier alpha value is -1.62. The van der Waals surface area contributed by atoms with Gasteiger partial charge in [0.25, 0.3) is 0 Å². The number of carbonyl (C=O) groups is 1. The first-order chi connectivity index (χ1) is 10.9. The molecular formula is C18H23NO3S. The van der Waals surface area contributed by atoms with Crippen LogP contribution in [0.25, 0.3) is 0 Å². The van der Waals surface area contributed by atoms with Crippen molar-refractivity contribution in [3.8, 4) is 0 Å². The minimum absolute atomic E-state index is 0.0138. The maximum absolute atomic E-state index is 12.8. The van der Waals surface area contributed by atoms with E-state index in [0.29, 0.717) is 13.0 Å². The second-order valence-electron chi connectivity index (χ2n) is 6.70. The Morgan fingerprint density at radius 1 is 1.43 bits per heavy atom. The van der Waals surface area contributed by atoms with Gasteiger partial charge in [0.05, 0.1) is 11.5 Å². The third-order valence-electron chi connectivity index (χ3n) is 4.84. The minimum Gasteiger partial charge on any atom is -0.335 e. The van der Waals surface area contributed by atoms with Crippen LogP contribution in [-0.4, -0.2) is 43.3 Å². The lowest BCUT2D eigenvalue weighted by atomic mass is 10.1. The quantitative estimate of drug-likeness (QED) is 0.777. The summed E-state index contributed by atoms with van der Waals surface area (Å²) in [5.74, 6) is 0.616. The van der Waals surface area contributed by atoms with Gasteiger partial charge in [0.1, 0.15) is 0 Å². The van der Waals surface area contributed by atoms with Gasteiger partial charge in [-0.1, -0.05) is 35.9 Å². The molecule has 5 heteroatoms. The Morgan fingerprint density at radius 3 is 2.83 bits per heavy atom. The van der Waals surface area contributed by atoms with Crippen LogP contribution in [0.2, 0.25) is 0 Å². The van der Waals surface area contributed by atoms with Crippen molar-refractivity contribution < 1.29 is 13.2 Å². The highest BCUT2D eigenvalue weighted by Gasteiger charge is 2.47. The lowest BCUT2D eigenvalue weighted by molar-refractivity contribution is -0.133. The molecule has 0 spiro atoms. The summed E-state index contributed by atoms with van der Waals surface area (Å²) in [5.41, 5.74) is 2.41. The number of benzene rings is 1. The van der Waals surface area contributed by atoms with Crippen molar-refractivity contribution in [3.05, 3.63) is 48.0 Å². The first-order valence-corrected chi connectivity index (χ1v) is 9.92. The van der Waals surface area contributed by atoms with Crippen molar-refractivity contribution in [2.45, 2.75) is 31.7 Å². The molecule has 1 saturated heterocycles. The van der Waals surface area contributed by atoms with Crippen LogP contribution in [0.1, 0.15) is 29.9 Å². The zero-order valence-corrected chi connectivity index (χ0v) is 14.3. The molecule has 3 atom stereocenters. The van der Waals surface area contributed by atoms with Crippen molar-refractivity contribution in [1.82, 2.24) is 4.90 Å². The molecule has 2 fully saturated rings. The van der Waals surface area contributed by atoms with Crippen LogP contribution < -0.4 is 0 Å². The Balaban J connectivity index is 1.72. The van der Waals surface area contributed by atoms with Crippen molar-refractivity contribution in [2.75, 3.05) is 18.1 Å². The molecule has 1 aliphatic carbocycles. The Labute approximate surface area is 138 Å². The predicted octanol–water partition coefficient (Wildman–Crippen LogP) is 2.30. The van der Waals surface area contributed by atoms with E-state index in [1.807, 2.05) is 6.07 Å². The van der Waals surface area contributed by atoms with Gasteiger partial charge >= 0.3 is 0 Å². The highest BCUT2D eigenvalue weighted by molar-refractivity contribution is 7.91. The minimum atomic E-state index is -3.00. The summed E-state index contributed by atoms with van der Waals surface area (Å²) >= 11 is 0. The second-order valence-corrected chi connectivity index (χ2v) is 8.93. The summed E-state index contributed by atoms with van der Waals surface area (Å²) in [5, 5.41) is 0. The summed E-state index contributed by atoms with van der Waals surface area (Å²) in [4.78, 5) is 14.6. The van der Waals surface area contributed by atoms with Crippen LogP contribution in [0.15, 0.2) is 36.9 Å². The van der Waals surface area contributed by atoms with Gasteiger partial charge in [-0.3, -0.25) is 4.79 Å². The van der Waals surface area contributed by atoms with E-state index >= 15 is 0 Å². The number of amides is 1. The maximum atomic E-state index is 12.8. The van der Waals surface area contributed by atoms with Crippen molar-refractivity contribution >= 4 is 15.7 Å². The smallest absolute Gasteiger partial charge is 0.226 e. The number of carbonyl (C=O) groups excluding carboxylic acids is 1. The lowest BCUT2D eigenvalue weighted by Gasteiger charge is -2.27. The number of hydrogen-bond donors (Lipinski definition) is 0. The van der Waals surface area contributed by atoms with E-state index in [4.69, 9.17) is 0 Å². The molecule has 1 aromatic carbocycles. The van der Waals surface area contributed by atoms with Gasteiger partial charge in [0, 0.05) is 18.5 Å². The van der Waals surface area contributed by atoms with Gasteiger partial charge in [0.15, 0.2) is 9.84 Å². The third kappa shape index (κ3) is 3.50. The monoisotopic (exact) mass is 333 g/mol. The van der Waals surface area contributed by atoms with Crippen LogP contribution in [0.4, 0.5) is 0 Å². The first kappa shape index (κ1) is 16.2. The van der Waals surface area contributed by atoms with Crippen LogP contribution in [0.5, 0.6) is 0 Å². The first-order valence-electron chi connectivity index (χ1n) is 8.09. The van der Waals surface area contributed by atoms with E-state index < -0.39 is 9.84 Å². The summed E-state index contributed by atoms with van der Waals surface area (Å²) < 4.78 is 23.4. The van der Waals surface area contributed by atoms with Gasteiger partial charge in [0.2, 0.25) is 5.91 Å². The van der Waals surface area contributed by atoms with Gasteiger partial charge < -0.3 is 4.90 Å². The van der Waals surface area contributed by atoms with Gasteiger partial charge in [-0.05, 0) is 31.2 Å². The number of hydrogen-bond acceptors (Lipinski definition) is 3. The van der Waals surface area contributed by atoms with E-state index in [1.54, 1.807) is 11.0 Å². The summed E-state index contributed by atoms with van der Waals surface area (Å²) in [6.07, 6.45) is 3.09. The van der Waals surface area contributed by atoms with Gasteiger partial charge in [-0.15, -0.1) is 6.58 Å². The van der Waals surface area contributed by atoms with Gasteiger partial charge in [-0.25, -0.2) is 8.42 Å². The van der Waals surface area contributed by atoms with Crippen molar-refractivity contribution in [2.24, 2.45) is 5.92 Å². The molecule has 3 rings (SSSR count). The fourth-order valence-electron chi connectivity index (χ4n) is 3.53. The Morgan fingerprint density at radius 2 is 2.22 bits per heavy atom. The number of sulfone groups is 1. The normalized spacial score (nSPS) is 28.3. The largest absolute Gasteiger partial charge is 0.335 e. The molecule has 124 valence electrons. The zero-order valence-electron chi connectivity index (χ0n) is 13.4. The standard InChI is InChI=1S/C18H23NO3S/c1-3-8-19(15-7-9-23(21,22)12-15)18(20)17-11-16(17)14-6-4-5-13(2)10-14/h3-6,10,15-17H,1,7-9,11-12H2,2H3/t15-,16-,17+/m0/s1. The molecule has 0 N–H and O–H groups in total. The van der Waals surface area contributed by atoms with Crippen LogP contribution in [0.3, 0.4) is 0 Å². The molecule has 23 heavy (non-hydrogen) atoms. The lowest BCUT2D eigenvalue weighted by Crippen LogP contribution is -2.42. The van der Waals surface area contributed by atoms with Crippen LogP contribution in [-0.2, 0) is 14.6 Å². The topological polar surface area (TPSA) is 54.5 Å². The third-order valence-corrected chi connectivity index (χ3v) is 6.59. The number of aryl methyl sites for hydroxylation is 1. The fourth-order valence-corrected chi connectivity index (χ4v) is 5.26. The molecule has 2 aliphatic rings. The summed E-state index contributed by atoms with van der Waals surface area (Å²) in [6, 6.07) is 8.09. The number of nitrogens with zero attached hydrogens (tertiary/aromatic N) is 1. The Bertz CT molecular complexity index is 726. The number of rotatable bonds is 5. The molecule has 0 radical (unpaired) electrons. The maximum Gasteiger partial charge on any atom is 0.226 e. The second kappa shape index (κ2) is 6.11. The van der Waals surface area contributed by atoms with E-state index in [9.17, 15) is 13.2 Å². The molecule has 0 unspecified atom stereocenters. The average molecular weight is 333 g/mol. The van der Waals surface area contributed by atoms with E-state index in [2.05, 4.69) is 31.7 Å². The summed E-state index contributed by atoms with van der Waals surface area (Å²) in [6.45, 7) is 6.19. The highest BCUT2D eigenvalue weighted by atomic mass is 32.2. The van der Waals surface area contributed by atoms with Gasteiger partial charge in [-0.2, -0.15) is 0 Å². The Kier molecular flexibility index (Phi) is 4.32. The molecule has 1 heterocycles. The molecule has 4 nitrogen and oxygen atoms in total. The molecule has 1 aliphatic heterocycles. The van der Waals surface area contributed by atoms with E-state index in [1.165, 1.54) is 11.1 Å². The van der Waals surface area contributed by atoms with Crippen LogP contribution >= 0.6 is 0 Å². The summed E-state index contributed by atoms with van der Waals surface area (Å²) in [7, 11) is -3.00. The molecular weight excluding hydrogens is 310 g/mol. The molecule has 1 saturated carbocycles. The van der Waals surface area contributed by atoms with Crippen molar-refractivity contribution in [1.29, 1.82) is 0 Å². The zero-order chi connectivity index (χ0) is 16.6. The molecule has 0 bridgehead atoms. The van der Waals surface area contributed by atoms with E-state index in [-0.39, 0.29) is 35.3 Å². The van der Waals surface area contributed by atoms with E-state index in [0.717, 1.165) is 6.42 Å². The molecule has 0 aromatic heterocycles. The fraction of sp³-hybridized carbons (Fsp3) is 0.500. The van der Waals surface area contributed by atoms with Crippen molar-refractivity contribution in [3.63, 3.8) is 0 Å². The van der Waals surface area contributed by atoms with Crippen LogP contribution in [0, 0.1) is 12.8 Å². The molecule has 1 aromatic rings. The SMILES string of the molecule is C=CCN(C(=O)[C@@H]1C[C@H]1c1cccc(C)c1)[C@H]1CCS(=O)(=O)C1. The molecule has 1 amide bonds. The average Bonchev–Trinajstić information content (AvgIpc) is 3.22. The highest BCUT2D eigenvalue weighted by Crippen LogP contribution is 2.49.